The summed E-state index contributed by atoms with van der Waals surface area (Å²) >= 11 is 0. The third kappa shape index (κ3) is 32.3. The minimum absolute atomic E-state index is 0.0892. The van der Waals surface area contributed by atoms with Gasteiger partial charge < -0.3 is 9.47 Å². The predicted octanol–water partition coefficient (Wildman–Crippen LogP) is 13.5. The highest BCUT2D eigenvalue weighted by Crippen LogP contribution is 2.20. The molecule has 0 saturated heterocycles. The molecular weight excluding hydrogens is 673 g/mol. The molecule has 0 saturated carbocycles. The van der Waals surface area contributed by atoms with Crippen LogP contribution in [0.1, 0.15) is 240 Å². The highest BCUT2D eigenvalue weighted by molar-refractivity contribution is 7.87. The summed E-state index contributed by atoms with van der Waals surface area (Å²) in [7, 11) is -4.81. The van der Waals surface area contributed by atoms with E-state index in [0.717, 1.165) is 51.4 Å². The lowest BCUT2D eigenvalue weighted by Crippen LogP contribution is -2.35. The molecule has 52 heavy (non-hydrogen) atoms. The van der Waals surface area contributed by atoms with Gasteiger partial charge in [-0.15, -0.1) is 0 Å². The smallest absolute Gasteiger partial charge is 0.327 e. The van der Waals surface area contributed by atoms with Crippen LogP contribution in [-0.2, 0) is 29.2 Å². The number of rotatable bonds is 40. The number of hydrogen-bond acceptors (Lipinski definition) is 6. The fraction of sp³-hybridized carbons (Fsp3) is 0.955. The Morgan fingerprint density at radius 2 is 0.750 bits per heavy atom. The van der Waals surface area contributed by atoms with Crippen molar-refractivity contribution in [3.05, 3.63) is 0 Å². The minimum Gasteiger partial charge on any atom is -0.465 e. The van der Waals surface area contributed by atoms with E-state index < -0.39 is 33.7 Å². The molecule has 0 aliphatic rings. The van der Waals surface area contributed by atoms with Crippen molar-refractivity contribution in [1.82, 2.24) is 0 Å². The van der Waals surface area contributed by atoms with Crippen molar-refractivity contribution in [2.75, 3.05) is 13.2 Å². The van der Waals surface area contributed by atoms with Crippen LogP contribution in [0, 0.1) is 11.8 Å². The van der Waals surface area contributed by atoms with Crippen LogP contribution in [0.2, 0.25) is 0 Å². The lowest BCUT2D eigenvalue weighted by molar-refractivity contribution is -0.151. The van der Waals surface area contributed by atoms with Crippen molar-refractivity contribution in [3.8, 4) is 0 Å². The van der Waals surface area contributed by atoms with E-state index in [4.69, 9.17) is 9.47 Å². The van der Waals surface area contributed by atoms with Gasteiger partial charge in [0.05, 0.1) is 19.6 Å². The Morgan fingerprint density at radius 3 is 1.04 bits per heavy atom. The highest BCUT2D eigenvalue weighted by Gasteiger charge is 2.36. The van der Waals surface area contributed by atoms with Gasteiger partial charge in [0.2, 0.25) is 0 Å². The van der Waals surface area contributed by atoms with Crippen LogP contribution in [-0.4, -0.2) is 43.4 Å². The summed E-state index contributed by atoms with van der Waals surface area (Å²) in [6, 6.07) is 0. The van der Waals surface area contributed by atoms with Gasteiger partial charge in [0, 0.05) is 0 Å². The molecule has 0 aromatic heterocycles. The number of hydrogen-bond donors (Lipinski definition) is 1. The molecule has 0 heterocycles. The van der Waals surface area contributed by atoms with Crippen molar-refractivity contribution in [2.45, 2.75) is 245 Å². The molecule has 0 rings (SSSR count). The Labute approximate surface area is 323 Å². The highest BCUT2D eigenvalue weighted by atomic mass is 32.2. The van der Waals surface area contributed by atoms with Crippen LogP contribution in [0.5, 0.6) is 0 Å². The van der Waals surface area contributed by atoms with E-state index in [1.165, 1.54) is 154 Å². The van der Waals surface area contributed by atoms with Gasteiger partial charge in [-0.05, 0) is 24.7 Å². The summed E-state index contributed by atoms with van der Waals surface area (Å²) in [6.07, 6.45) is 39.3. The molecule has 3 unspecified atom stereocenters. The third-order valence-electron chi connectivity index (χ3n) is 11.0. The van der Waals surface area contributed by atoms with Crippen LogP contribution in [0.3, 0.4) is 0 Å². The van der Waals surface area contributed by atoms with E-state index in [9.17, 15) is 22.6 Å². The fourth-order valence-electron chi connectivity index (χ4n) is 7.09. The first kappa shape index (κ1) is 50.9. The molecule has 1 N–H and O–H groups in total. The Bertz CT molecular complexity index is 906. The molecule has 0 aliphatic carbocycles. The zero-order chi connectivity index (χ0) is 38.5. The van der Waals surface area contributed by atoms with Crippen molar-refractivity contribution in [1.29, 1.82) is 0 Å². The molecule has 7 nitrogen and oxygen atoms in total. The first-order valence-corrected chi connectivity index (χ1v) is 24.0. The van der Waals surface area contributed by atoms with Crippen LogP contribution in [0.4, 0.5) is 0 Å². The summed E-state index contributed by atoms with van der Waals surface area (Å²) < 4.78 is 44.6. The maximum absolute atomic E-state index is 12.7. The normalized spacial score (nSPS) is 13.6. The summed E-state index contributed by atoms with van der Waals surface area (Å²) in [6.45, 7) is 8.89. The van der Waals surface area contributed by atoms with E-state index >= 15 is 0 Å². The molecule has 8 heteroatoms. The molecule has 0 aliphatic heterocycles. The largest absolute Gasteiger partial charge is 0.465 e. The number of esters is 2. The van der Waals surface area contributed by atoms with Gasteiger partial charge in [-0.3, -0.25) is 14.1 Å². The zero-order valence-corrected chi connectivity index (χ0v) is 35.6. The van der Waals surface area contributed by atoms with Crippen molar-refractivity contribution >= 4 is 22.1 Å². The van der Waals surface area contributed by atoms with Crippen LogP contribution in [0.15, 0.2) is 0 Å². The molecule has 0 radical (unpaired) electrons. The molecule has 0 amide bonds. The molecule has 0 bridgehead atoms. The Morgan fingerprint density at radius 1 is 0.462 bits per heavy atom. The quantitative estimate of drug-likeness (QED) is 0.0376. The van der Waals surface area contributed by atoms with Gasteiger partial charge >= 0.3 is 11.9 Å². The van der Waals surface area contributed by atoms with E-state index in [2.05, 4.69) is 20.8 Å². The number of ether oxygens (including phenoxy) is 2. The summed E-state index contributed by atoms with van der Waals surface area (Å²) in [4.78, 5) is 25.3. The molecule has 310 valence electrons. The third-order valence-corrected chi connectivity index (χ3v) is 12.1. The molecule has 0 aromatic rings. The van der Waals surface area contributed by atoms with Crippen molar-refractivity contribution < 1.29 is 32.0 Å². The number of carbonyl (C=O) groups excluding carboxylic acids is 2. The number of carbonyl (C=O) groups is 2. The topological polar surface area (TPSA) is 107 Å². The van der Waals surface area contributed by atoms with Gasteiger partial charge in [0.1, 0.15) is 0 Å². The van der Waals surface area contributed by atoms with Gasteiger partial charge in [-0.1, -0.05) is 220 Å². The van der Waals surface area contributed by atoms with E-state index in [-0.39, 0.29) is 25.0 Å². The summed E-state index contributed by atoms with van der Waals surface area (Å²) in [5.41, 5.74) is 0. The Balaban J connectivity index is 4.15. The first-order valence-electron chi connectivity index (χ1n) is 22.5. The van der Waals surface area contributed by atoms with E-state index in [0.29, 0.717) is 0 Å². The van der Waals surface area contributed by atoms with Gasteiger partial charge in [-0.2, -0.15) is 8.42 Å². The first-order chi connectivity index (χ1) is 25.2. The monoisotopic (exact) mass is 759 g/mol. The molecular formula is C44H86O7S. The average Bonchev–Trinajstić information content (AvgIpc) is 3.12. The second kappa shape index (κ2) is 36.8. The Hall–Kier alpha value is -1.15. The Kier molecular flexibility index (Phi) is 36.0. The molecule has 3 atom stereocenters. The minimum atomic E-state index is -4.81. The summed E-state index contributed by atoms with van der Waals surface area (Å²) in [5, 5.41) is -1.95. The maximum Gasteiger partial charge on any atom is 0.327 e. The predicted molar refractivity (Wildman–Crippen MR) is 219 cm³/mol. The van der Waals surface area contributed by atoms with Crippen LogP contribution in [0.25, 0.3) is 0 Å². The zero-order valence-electron chi connectivity index (χ0n) is 34.8. The second-order valence-corrected chi connectivity index (χ2v) is 17.4. The number of unbranched alkanes of at least 4 members (excludes halogenated alkanes) is 26. The molecule has 0 fully saturated rings. The molecule has 0 aromatic carbocycles. The standard InChI is InChI=1S/C44H86O7S/c1-5-9-11-13-15-17-19-21-23-25-27-29-31-33-35-40(7-3)38-50-43(45)37-42(52(47,48)49)44(46)51-39-41(8-4)36-34-32-30-28-26-24-22-20-18-16-14-12-10-6-2/h40-42H,5-39H2,1-4H3,(H,47,48,49). The van der Waals surface area contributed by atoms with Gasteiger partial charge in [0.25, 0.3) is 10.1 Å². The van der Waals surface area contributed by atoms with Crippen LogP contribution >= 0.6 is 0 Å². The fourth-order valence-corrected chi connectivity index (χ4v) is 7.75. The van der Waals surface area contributed by atoms with Crippen molar-refractivity contribution in [3.63, 3.8) is 0 Å². The van der Waals surface area contributed by atoms with Crippen LogP contribution < -0.4 is 0 Å². The lowest BCUT2D eigenvalue weighted by Gasteiger charge is -2.18. The maximum atomic E-state index is 12.7. The summed E-state index contributed by atoms with van der Waals surface area (Å²) in [5.74, 6) is -1.56. The van der Waals surface area contributed by atoms with E-state index in [1.807, 2.05) is 6.92 Å². The van der Waals surface area contributed by atoms with Gasteiger partial charge in [0.15, 0.2) is 5.25 Å². The van der Waals surface area contributed by atoms with E-state index in [1.54, 1.807) is 0 Å². The lowest BCUT2D eigenvalue weighted by atomic mass is 9.98. The molecule has 0 spiro atoms. The average molecular weight is 759 g/mol. The van der Waals surface area contributed by atoms with Crippen molar-refractivity contribution in [2.24, 2.45) is 11.8 Å². The van der Waals surface area contributed by atoms with Gasteiger partial charge in [-0.25, -0.2) is 0 Å². The SMILES string of the molecule is CCCCCCCCCCCCCCCCC(CC)COC(=O)CC(C(=O)OCC(CC)CCCCCCCCCCCCCCCC)S(=O)(=O)O. The second-order valence-electron chi connectivity index (χ2n) is 15.8.